The molecule has 0 amide bonds. The fourth-order valence-corrected chi connectivity index (χ4v) is 5.79. The number of hydrogen-bond acceptors (Lipinski definition) is 9. The van der Waals surface area contributed by atoms with Crippen molar-refractivity contribution in [3.8, 4) is 0 Å². The smallest absolute Gasteiger partial charge is 0.462 e. The Morgan fingerprint density at radius 2 is 1.04 bits per heavy atom. The first-order chi connectivity index (χ1) is 24.2. The van der Waals surface area contributed by atoms with E-state index >= 15 is 0 Å². The van der Waals surface area contributed by atoms with Crippen molar-refractivity contribution in [2.75, 3.05) is 26.4 Å². The molecule has 0 radical (unpaired) electrons. The van der Waals surface area contributed by atoms with Crippen LogP contribution < -0.4 is 0 Å². The standard InChI is InChI=1S/C39H71O10P/c1-3-5-7-9-11-13-15-16-17-18-19-20-21-23-25-27-29-31-39(43)49-37(35-48-50(44,45)47-33-36(41)32-40)34-46-38(42)30-28-26-24-22-14-12-10-8-6-4-2/h11,13,16-17,19-20,36-37,40-41H,3-10,12,14-15,18,21-35H2,1-2H3,(H,44,45)/b13-11+,17-16+,20-19+/t36-,37+/m0/s1. The molecule has 0 aliphatic heterocycles. The van der Waals surface area contributed by atoms with E-state index in [9.17, 15) is 24.2 Å². The highest BCUT2D eigenvalue weighted by Crippen LogP contribution is 2.43. The largest absolute Gasteiger partial charge is 0.472 e. The molecule has 0 aliphatic rings. The quantitative estimate of drug-likeness (QED) is 0.0246. The summed E-state index contributed by atoms with van der Waals surface area (Å²) in [7, 11) is -4.61. The van der Waals surface area contributed by atoms with E-state index in [-0.39, 0.29) is 19.4 Å². The summed E-state index contributed by atoms with van der Waals surface area (Å²) < 4.78 is 32.5. The molecule has 0 heterocycles. The highest BCUT2D eigenvalue weighted by molar-refractivity contribution is 7.47. The zero-order valence-electron chi connectivity index (χ0n) is 31.4. The minimum absolute atomic E-state index is 0.159. The number of phosphoric ester groups is 1. The number of ether oxygens (including phenoxy) is 2. The lowest BCUT2D eigenvalue weighted by Gasteiger charge is -2.20. The summed E-state index contributed by atoms with van der Waals surface area (Å²) in [5, 5.41) is 18.3. The molecule has 3 N–H and O–H groups in total. The molecule has 50 heavy (non-hydrogen) atoms. The molecule has 292 valence electrons. The third-order valence-corrected chi connectivity index (χ3v) is 9.00. The van der Waals surface area contributed by atoms with Crippen molar-refractivity contribution >= 4 is 19.8 Å². The van der Waals surface area contributed by atoms with E-state index < -0.39 is 51.8 Å². The molecule has 3 atom stereocenters. The molecule has 0 rings (SSSR count). The van der Waals surface area contributed by atoms with E-state index in [0.717, 1.165) is 57.8 Å². The van der Waals surface area contributed by atoms with Crippen molar-refractivity contribution in [1.82, 2.24) is 0 Å². The minimum Gasteiger partial charge on any atom is -0.462 e. The highest BCUT2D eigenvalue weighted by Gasteiger charge is 2.27. The molecule has 0 saturated carbocycles. The monoisotopic (exact) mass is 730 g/mol. The van der Waals surface area contributed by atoms with Crippen LogP contribution in [0.3, 0.4) is 0 Å². The predicted molar refractivity (Wildman–Crippen MR) is 201 cm³/mol. The average molecular weight is 731 g/mol. The predicted octanol–water partition coefficient (Wildman–Crippen LogP) is 9.61. The van der Waals surface area contributed by atoms with Gasteiger partial charge in [-0.05, 0) is 51.4 Å². The first-order valence-electron chi connectivity index (χ1n) is 19.4. The van der Waals surface area contributed by atoms with Crippen LogP contribution in [0.25, 0.3) is 0 Å². The average Bonchev–Trinajstić information content (AvgIpc) is 3.10. The van der Waals surface area contributed by atoms with Crippen LogP contribution in [0.4, 0.5) is 0 Å². The van der Waals surface area contributed by atoms with E-state index in [2.05, 4.69) is 54.8 Å². The second-order valence-electron chi connectivity index (χ2n) is 13.0. The van der Waals surface area contributed by atoms with Crippen molar-refractivity contribution in [3.05, 3.63) is 36.5 Å². The zero-order chi connectivity index (χ0) is 37.0. The van der Waals surface area contributed by atoms with Crippen molar-refractivity contribution < 1.29 is 47.8 Å². The molecule has 0 aliphatic carbocycles. The number of unbranched alkanes of at least 4 members (excludes halogenated alkanes) is 16. The first kappa shape index (κ1) is 48.2. The van der Waals surface area contributed by atoms with Gasteiger partial charge < -0.3 is 24.6 Å². The van der Waals surface area contributed by atoms with Gasteiger partial charge in [0, 0.05) is 12.8 Å². The third kappa shape index (κ3) is 34.6. The summed E-state index contributed by atoms with van der Waals surface area (Å²) in [6, 6.07) is 0. The molecule has 0 fully saturated rings. The Morgan fingerprint density at radius 3 is 1.60 bits per heavy atom. The fraction of sp³-hybridized carbons (Fsp3) is 0.795. The Morgan fingerprint density at radius 1 is 0.600 bits per heavy atom. The van der Waals surface area contributed by atoms with Crippen molar-refractivity contribution in [2.24, 2.45) is 0 Å². The van der Waals surface area contributed by atoms with E-state index in [4.69, 9.17) is 19.1 Å². The van der Waals surface area contributed by atoms with Crippen LogP contribution in [0.15, 0.2) is 36.5 Å². The molecule has 0 saturated heterocycles. The minimum atomic E-state index is -4.61. The molecule has 0 spiro atoms. The Hall–Kier alpha value is -1.81. The molecule has 0 aromatic heterocycles. The van der Waals surface area contributed by atoms with E-state index in [0.29, 0.717) is 12.8 Å². The Kier molecular flexibility index (Phi) is 34.3. The topological polar surface area (TPSA) is 149 Å². The van der Waals surface area contributed by atoms with Crippen LogP contribution in [-0.4, -0.2) is 65.7 Å². The first-order valence-corrected chi connectivity index (χ1v) is 20.9. The highest BCUT2D eigenvalue weighted by atomic mass is 31.2. The number of carbonyl (C=O) groups is 2. The number of esters is 2. The summed E-state index contributed by atoms with van der Waals surface area (Å²) >= 11 is 0. The van der Waals surface area contributed by atoms with Crippen LogP contribution >= 0.6 is 7.82 Å². The van der Waals surface area contributed by atoms with Gasteiger partial charge in [-0.2, -0.15) is 0 Å². The number of rotatable bonds is 36. The van der Waals surface area contributed by atoms with E-state index in [1.54, 1.807) is 0 Å². The maximum absolute atomic E-state index is 12.5. The second-order valence-corrected chi connectivity index (χ2v) is 14.4. The summed E-state index contributed by atoms with van der Waals surface area (Å²) in [6.45, 7) is 2.29. The fourth-order valence-electron chi connectivity index (χ4n) is 5.00. The second kappa shape index (κ2) is 35.6. The van der Waals surface area contributed by atoms with Gasteiger partial charge in [-0.1, -0.05) is 134 Å². The van der Waals surface area contributed by atoms with E-state index in [1.165, 1.54) is 64.2 Å². The van der Waals surface area contributed by atoms with Gasteiger partial charge >= 0.3 is 19.8 Å². The molecular weight excluding hydrogens is 659 g/mol. The molecule has 1 unspecified atom stereocenters. The zero-order valence-corrected chi connectivity index (χ0v) is 32.3. The molecule has 0 aromatic carbocycles. The van der Waals surface area contributed by atoms with Gasteiger partial charge in [0.25, 0.3) is 0 Å². The van der Waals surface area contributed by atoms with Gasteiger partial charge in [-0.15, -0.1) is 0 Å². The summed E-state index contributed by atoms with van der Waals surface area (Å²) in [5.41, 5.74) is 0. The number of carbonyl (C=O) groups excluding carboxylic acids is 2. The lowest BCUT2D eigenvalue weighted by Crippen LogP contribution is -2.29. The normalized spacial score (nSPS) is 14.4. The van der Waals surface area contributed by atoms with Crippen molar-refractivity contribution in [1.29, 1.82) is 0 Å². The van der Waals surface area contributed by atoms with Crippen molar-refractivity contribution in [3.63, 3.8) is 0 Å². The SMILES string of the molecule is CCCCC/C=C/C/C=C/C/C=C/CCCCCCC(=O)O[C@H](COC(=O)CCCCCCCCCCCC)COP(=O)(O)OC[C@@H](O)CO. The van der Waals surface area contributed by atoms with Gasteiger partial charge in [-0.25, -0.2) is 4.57 Å². The van der Waals surface area contributed by atoms with Gasteiger partial charge in [-0.3, -0.25) is 18.6 Å². The molecule has 0 bridgehead atoms. The Bertz CT molecular complexity index is 936. The lowest BCUT2D eigenvalue weighted by molar-refractivity contribution is -0.161. The molecule has 11 heteroatoms. The Balaban J connectivity index is 4.39. The van der Waals surface area contributed by atoms with Crippen LogP contribution in [0.1, 0.15) is 162 Å². The number of hydrogen-bond donors (Lipinski definition) is 3. The van der Waals surface area contributed by atoms with Gasteiger partial charge in [0.15, 0.2) is 6.10 Å². The number of aliphatic hydroxyl groups excluding tert-OH is 2. The molecule has 0 aromatic rings. The van der Waals surface area contributed by atoms with Gasteiger partial charge in [0.1, 0.15) is 12.7 Å². The third-order valence-electron chi connectivity index (χ3n) is 8.05. The number of aliphatic hydroxyl groups is 2. The number of allylic oxidation sites excluding steroid dienone is 6. The number of phosphoric acid groups is 1. The van der Waals surface area contributed by atoms with Gasteiger partial charge in [0.2, 0.25) is 0 Å². The molecule has 10 nitrogen and oxygen atoms in total. The maximum atomic E-state index is 12.5. The summed E-state index contributed by atoms with van der Waals surface area (Å²) in [6.07, 6.45) is 34.0. The summed E-state index contributed by atoms with van der Waals surface area (Å²) in [5.74, 6) is -0.952. The summed E-state index contributed by atoms with van der Waals surface area (Å²) in [4.78, 5) is 34.8. The maximum Gasteiger partial charge on any atom is 0.472 e. The lowest BCUT2D eigenvalue weighted by atomic mass is 10.1. The molecular formula is C39H71O10P. The van der Waals surface area contributed by atoms with Crippen LogP contribution in [0.5, 0.6) is 0 Å². The van der Waals surface area contributed by atoms with Crippen molar-refractivity contribution in [2.45, 2.75) is 174 Å². The van der Waals surface area contributed by atoms with E-state index in [1.807, 2.05) is 0 Å². The van der Waals surface area contributed by atoms with Gasteiger partial charge in [0.05, 0.1) is 19.8 Å². The van der Waals surface area contributed by atoms with Crippen LogP contribution in [0.2, 0.25) is 0 Å². The Labute approximate surface area is 303 Å². The van der Waals surface area contributed by atoms with Crippen LogP contribution in [-0.2, 0) is 32.7 Å². The van der Waals surface area contributed by atoms with Crippen LogP contribution in [0, 0.1) is 0 Å².